The highest BCUT2D eigenvalue weighted by atomic mass is 35.5. The number of carbonyl (C=O) groups excluding carboxylic acids is 1. The number of anilines is 1. The number of halogens is 1. The van der Waals surface area contributed by atoms with Crippen LogP contribution < -0.4 is 14.8 Å². The zero-order valence-electron chi connectivity index (χ0n) is 12.5. The van der Waals surface area contributed by atoms with E-state index in [1.165, 1.54) is 17.5 Å². The number of aryl methyl sites for hydroxylation is 2. The number of fused-ring (bicyclic) bond motifs is 2. The molecule has 5 heteroatoms. The third-order valence-electron chi connectivity index (χ3n) is 4.22. The smallest absolute Gasteiger partial charge is 0.255 e. The molecule has 2 aliphatic rings. The van der Waals surface area contributed by atoms with Crippen molar-refractivity contribution in [1.29, 1.82) is 0 Å². The van der Waals surface area contributed by atoms with Crippen LogP contribution in [0.4, 0.5) is 5.69 Å². The maximum absolute atomic E-state index is 12.5. The number of rotatable bonds is 2. The van der Waals surface area contributed by atoms with Crippen LogP contribution >= 0.6 is 11.6 Å². The fraction of sp³-hybridized carbons (Fsp3) is 0.278. The average molecular weight is 330 g/mol. The number of amides is 1. The second kappa shape index (κ2) is 5.78. The Morgan fingerprint density at radius 2 is 1.87 bits per heavy atom. The second-order valence-corrected chi connectivity index (χ2v) is 6.18. The van der Waals surface area contributed by atoms with E-state index < -0.39 is 0 Å². The summed E-state index contributed by atoms with van der Waals surface area (Å²) in [6, 6.07) is 9.37. The van der Waals surface area contributed by atoms with E-state index in [2.05, 4.69) is 17.4 Å². The van der Waals surface area contributed by atoms with Crippen molar-refractivity contribution in [3.63, 3.8) is 0 Å². The minimum absolute atomic E-state index is 0.207. The molecular weight excluding hydrogens is 314 g/mol. The monoisotopic (exact) mass is 329 g/mol. The molecule has 4 nitrogen and oxygen atoms in total. The molecule has 1 heterocycles. The van der Waals surface area contributed by atoms with Gasteiger partial charge in [0, 0.05) is 11.3 Å². The van der Waals surface area contributed by atoms with Crippen LogP contribution in [-0.2, 0) is 12.8 Å². The van der Waals surface area contributed by atoms with E-state index in [-0.39, 0.29) is 5.91 Å². The summed E-state index contributed by atoms with van der Waals surface area (Å²) in [5, 5.41) is 3.32. The van der Waals surface area contributed by atoms with Gasteiger partial charge in [-0.3, -0.25) is 4.79 Å². The van der Waals surface area contributed by atoms with Crippen molar-refractivity contribution in [2.45, 2.75) is 19.3 Å². The van der Waals surface area contributed by atoms with E-state index >= 15 is 0 Å². The fourth-order valence-electron chi connectivity index (χ4n) is 3.09. The summed E-state index contributed by atoms with van der Waals surface area (Å²) in [5.41, 5.74) is 3.97. The van der Waals surface area contributed by atoms with Crippen molar-refractivity contribution in [2.24, 2.45) is 0 Å². The predicted octanol–water partition coefficient (Wildman–Crippen LogP) is 3.85. The Hall–Kier alpha value is -2.20. The lowest BCUT2D eigenvalue weighted by Crippen LogP contribution is -2.17. The topological polar surface area (TPSA) is 47.6 Å². The summed E-state index contributed by atoms with van der Waals surface area (Å²) in [5.74, 6) is 0.816. The van der Waals surface area contributed by atoms with Gasteiger partial charge in [0.25, 0.3) is 5.91 Å². The molecule has 2 aromatic carbocycles. The molecule has 0 bridgehead atoms. The lowest BCUT2D eigenvalue weighted by Gasteiger charge is -2.20. The van der Waals surface area contributed by atoms with Gasteiger partial charge in [0.15, 0.2) is 11.5 Å². The van der Waals surface area contributed by atoms with Crippen LogP contribution in [0.15, 0.2) is 30.3 Å². The summed E-state index contributed by atoms with van der Waals surface area (Å²) in [4.78, 5) is 12.5. The highest BCUT2D eigenvalue weighted by molar-refractivity contribution is 6.32. The number of hydrogen-bond acceptors (Lipinski definition) is 3. The maximum Gasteiger partial charge on any atom is 0.255 e. The Kier molecular flexibility index (Phi) is 3.62. The van der Waals surface area contributed by atoms with Crippen molar-refractivity contribution >= 4 is 23.2 Å². The highest BCUT2D eigenvalue weighted by Crippen LogP contribution is 2.38. The molecule has 1 N–H and O–H groups in total. The first-order valence-electron chi connectivity index (χ1n) is 7.73. The van der Waals surface area contributed by atoms with E-state index in [9.17, 15) is 4.79 Å². The van der Waals surface area contributed by atoms with Gasteiger partial charge in [-0.15, -0.1) is 0 Å². The summed E-state index contributed by atoms with van der Waals surface area (Å²) in [6.07, 6.45) is 3.39. The molecule has 0 fully saturated rings. The molecule has 1 amide bonds. The van der Waals surface area contributed by atoms with Crippen LogP contribution in [0.3, 0.4) is 0 Å². The van der Waals surface area contributed by atoms with Crippen LogP contribution in [0.2, 0.25) is 5.02 Å². The first kappa shape index (κ1) is 14.4. The van der Waals surface area contributed by atoms with E-state index in [1.54, 1.807) is 12.1 Å². The Labute approximate surface area is 139 Å². The van der Waals surface area contributed by atoms with Gasteiger partial charge >= 0.3 is 0 Å². The Balaban J connectivity index is 1.58. The molecule has 0 unspecified atom stereocenters. The van der Waals surface area contributed by atoms with E-state index in [1.807, 2.05) is 6.07 Å². The third-order valence-corrected chi connectivity index (χ3v) is 4.50. The van der Waals surface area contributed by atoms with Gasteiger partial charge in [-0.2, -0.15) is 0 Å². The van der Waals surface area contributed by atoms with Gasteiger partial charge in [0.1, 0.15) is 13.2 Å². The standard InChI is InChI=1S/C18H16ClNO3/c19-15-9-13(10-16-17(15)23-7-6-22-16)18(21)20-14-5-4-11-2-1-3-12(11)8-14/h4-5,8-10H,1-3,6-7H2,(H,20,21). The highest BCUT2D eigenvalue weighted by Gasteiger charge is 2.19. The van der Waals surface area contributed by atoms with E-state index in [0.717, 1.165) is 18.5 Å². The number of carbonyl (C=O) groups is 1. The van der Waals surface area contributed by atoms with Crippen LogP contribution in [-0.4, -0.2) is 19.1 Å². The summed E-state index contributed by atoms with van der Waals surface area (Å²) in [6.45, 7) is 0.923. The van der Waals surface area contributed by atoms with Crippen LogP contribution in [0.1, 0.15) is 27.9 Å². The van der Waals surface area contributed by atoms with Crippen molar-refractivity contribution in [1.82, 2.24) is 0 Å². The molecule has 1 aliphatic heterocycles. The number of nitrogens with one attached hydrogen (secondary N) is 1. The van der Waals surface area contributed by atoms with Gasteiger partial charge in [-0.1, -0.05) is 17.7 Å². The third kappa shape index (κ3) is 2.75. The van der Waals surface area contributed by atoms with Gasteiger partial charge in [0.05, 0.1) is 5.02 Å². The molecule has 0 saturated heterocycles. The van der Waals surface area contributed by atoms with E-state index in [4.69, 9.17) is 21.1 Å². The molecule has 4 rings (SSSR count). The first-order valence-corrected chi connectivity index (χ1v) is 8.11. The number of hydrogen-bond donors (Lipinski definition) is 1. The normalized spacial score (nSPS) is 15.2. The van der Waals surface area contributed by atoms with Gasteiger partial charge in [-0.05, 0) is 54.7 Å². The molecular formula is C18H16ClNO3. The second-order valence-electron chi connectivity index (χ2n) is 5.77. The average Bonchev–Trinajstić information content (AvgIpc) is 3.02. The Bertz CT molecular complexity index is 788. The minimum Gasteiger partial charge on any atom is -0.486 e. The summed E-state index contributed by atoms with van der Waals surface area (Å²) < 4.78 is 11.0. The minimum atomic E-state index is -0.207. The molecule has 118 valence electrons. The van der Waals surface area contributed by atoms with Gasteiger partial charge in [0.2, 0.25) is 0 Å². The first-order chi connectivity index (χ1) is 11.2. The lowest BCUT2D eigenvalue weighted by molar-refractivity contribution is 0.102. The van der Waals surface area contributed by atoms with Gasteiger partial charge in [-0.25, -0.2) is 0 Å². The maximum atomic E-state index is 12.5. The quantitative estimate of drug-likeness (QED) is 0.910. The van der Waals surface area contributed by atoms with E-state index in [0.29, 0.717) is 35.3 Å². The van der Waals surface area contributed by atoms with Crippen molar-refractivity contribution < 1.29 is 14.3 Å². The fourth-order valence-corrected chi connectivity index (χ4v) is 3.36. The SMILES string of the molecule is O=C(Nc1ccc2c(c1)CCC2)c1cc(Cl)c2c(c1)OCCO2. The summed E-state index contributed by atoms with van der Waals surface area (Å²) in [7, 11) is 0. The zero-order valence-corrected chi connectivity index (χ0v) is 13.3. The predicted molar refractivity (Wildman–Crippen MR) is 88.9 cm³/mol. The molecule has 0 aromatic heterocycles. The van der Waals surface area contributed by atoms with Crippen LogP contribution in [0.25, 0.3) is 0 Å². The van der Waals surface area contributed by atoms with Gasteiger partial charge < -0.3 is 14.8 Å². The Morgan fingerprint density at radius 1 is 1.04 bits per heavy atom. The van der Waals surface area contributed by atoms with Crippen LogP contribution in [0.5, 0.6) is 11.5 Å². The largest absolute Gasteiger partial charge is 0.486 e. The molecule has 0 saturated carbocycles. The Morgan fingerprint density at radius 3 is 2.78 bits per heavy atom. The van der Waals surface area contributed by atoms with Crippen molar-refractivity contribution in [2.75, 3.05) is 18.5 Å². The zero-order chi connectivity index (χ0) is 15.8. The number of ether oxygens (including phenoxy) is 2. The lowest BCUT2D eigenvalue weighted by atomic mass is 10.1. The molecule has 1 aliphatic carbocycles. The molecule has 2 aromatic rings. The molecule has 23 heavy (non-hydrogen) atoms. The molecule has 0 radical (unpaired) electrons. The van der Waals surface area contributed by atoms with Crippen molar-refractivity contribution in [3.8, 4) is 11.5 Å². The molecule has 0 atom stereocenters. The van der Waals surface area contributed by atoms with Crippen LogP contribution in [0, 0.1) is 0 Å². The van der Waals surface area contributed by atoms with Crippen molar-refractivity contribution in [3.05, 3.63) is 52.0 Å². The number of benzene rings is 2. The summed E-state index contributed by atoms with van der Waals surface area (Å²) >= 11 is 6.19. The molecule has 0 spiro atoms.